The van der Waals surface area contributed by atoms with Gasteiger partial charge in [0.1, 0.15) is 0 Å². The lowest BCUT2D eigenvalue weighted by Gasteiger charge is -2.26. The quantitative estimate of drug-likeness (QED) is 0.858. The van der Waals surface area contributed by atoms with Crippen LogP contribution in [0.1, 0.15) is 37.6 Å². The van der Waals surface area contributed by atoms with Crippen molar-refractivity contribution in [2.75, 3.05) is 19.6 Å². The molecule has 17 heavy (non-hydrogen) atoms. The molecular weight excluding hydrogens is 212 g/mol. The number of aromatic nitrogens is 2. The summed E-state index contributed by atoms with van der Waals surface area (Å²) in [6.07, 6.45) is 4.41. The average Bonchev–Trinajstić information content (AvgIpc) is 2.87. The fourth-order valence-electron chi connectivity index (χ4n) is 2.83. The van der Waals surface area contributed by atoms with Gasteiger partial charge in [0.05, 0.1) is 11.7 Å². The molecule has 2 rings (SSSR count). The second kappa shape index (κ2) is 5.19. The van der Waals surface area contributed by atoms with E-state index in [0.29, 0.717) is 12.6 Å². The predicted molar refractivity (Wildman–Crippen MR) is 69.7 cm³/mol. The molecule has 2 heterocycles. The molecule has 0 amide bonds. The minimum absolute atomic E-state index is 0.351. The van der Waals surface area contributed by atoms with Gasteiger partial charge in [-0.15, -0.1) is 0 Å². The van der Waals surface area contributed by atoms with E-state index >= 15 is 0 Å². The molecule has 1 aromatic rings. The Labute approximate surface area is 104 Å². The molecule has 1 aliphatic heterocycles. The summed E-state index contributed by atoms with van der Waals surface area (Å²) in [6.45, 7) is 7.50. The standard InChI is InChI=1S/C13H24N4/c1-4-12-11(9-16(3)15-12)13(7-14)17-6-5-10(2)8-17/h9-10,13H,4-8,14H2,1-3H3. The van der Waals surface area contributed by atoms with E-state index in [1.807, 2.05) is 11.7 Å². The van der Waals surface area contributed by atoms with Gasteiger partial charge in [-0.25, -0.2) is 0 Å². The van der Waals surface area contributed by atoms with Crippen molar-refractivity contribution in [3.05, 3.63) is 17.5 Å². The first-order chi connectivity index (χ1) is 8.15. The first-order valence-electron chi connectivity index (χ1n) is 6.62. The van der Waals surface area contributed by atoms with Crippen LogP contribution in [0.25, 0.3) is 0 Å². The van der Waals surface area contributed by atoms with Crippen LogP contribution in [0.5, 0.6) is 0 Å². The third kappa shape index (κ3) is 2.53. The number of hydrogen-bond acceptors (Lipinski definition) is 3. The van der Waals surface area contributed by atoms with Crippen LogP contribution in [0.4, 0.5) is 0 Å². The number of hydrogen-bond donors (Lipinski definition) is 1. The summed E-state index contributed by atoms with van der Waals surface area (Å²) >= 11 is 0. The van der Waals surface area contributed by atoms with Crippen LogP contribution in [0, 0.1) is 5.92 Å². The third-order valence-electron chi connectivity index (χ3n) is 3.75. The van der Waals surface area contributed by atoms with Gasteiger partial charge in [-0.05, 0) is 25.3 Å². The van der Waals surface area contributed by atoms with Crippen LogP contribution >= 0.6 is 0 Å². The van der Waals surface area contributed by atoms with Gasteiger partial charge in [0.25, 0.3) is 0 Å². The van der Waals surface area contributed by atoms with E-state index in [2.05, 4.69) is 30.0 Å². The molecule has 0 aromatic carbocycles. The summed E-state index contributed by atoms with van der Waals surface area (Å²) in [5, 5.41) is 4.52. The van der Waals surface area contributed by atoms with E-state index in [-0.39, 0.29) is 0 Å². The van der Waals surface area contributed by atoms with Crippen LogP contribution < -0.4 is 5.73 Å². The summed E-state index contributed by atoms with van der Waals surface area (Å²) in [5.74, 6) is 0.797. The van der Waals surface area contributed by atoms with Gasteiger partial charge in [0, 0.05) is 31.9 Å². The number of aryl methyl sites for hydroxylation is 2. The molecule has 4 heteroatoms. The lowest BCUT2D eigenvalue weighted by molar-refractivity contribution is 0.242. The molecule has 2 unspecified atom stereocenters. The lowest BCUT2D eigenvalue weighted by Crippen LogP contribution is -2.32. The molecule has 2 atom stereocenters. The predicted octanol–water partition coefficient (Wildman–Crippen LogP) is 1.32. The highest BCUT2D eigenvalue weighted by Gasteiger charge is 2.28. The Morgan fingerprint density at radius 1 is 1.59 bits per heavy atom. The number of likely N-dealkylation sites (tertiary alicyclic amines) is 1. The Bertz CT molecular complexity index is 371. The maximum atomic E-state index is 5.98. The molecular formula is C13H24N4. The van der Waals surface area contributed by atoms with Crippen molar-refractivity contribution in [3.8, 4) is 0 Å². The van der Waals surface area contributed by atoms with Gasteiger partial charge in [0.2, 0.25) is 0 Å². The zero-order chi connectivity index (χ0) is 12.4. The maximum absolute atomic E-state index is 5.98. The molecule has 0 bridgehead atoms. The summed E-state index contributed by atoms with van der Waals surface area (Å²) in [5.41, 5.74) is 8.51. The summed E-state index contributed by atoms with van der Waals surface area (Å²) in [4.78, 5) is 2.51. The van der Waals surface area contributed by atoms with Crippen LogP contribution in [0.3, 0.4) is 0 Å². The van der Waals surface area contributed by atoms with E-state index in [1.165, 1.54) is 30.8 Å². The van der Waals surface area contributed by atoms with Gasteiger partial charge in [-0.2, -0.15) is 5.10 Å². The monoisotopic (exact) mass is 236 g/mol. The Morgan fingerprint density at radius 2 is 2.35 bits per heavy atom. The molecule has 1 saturated heterocycles. The smallest absolute Gasteiger partial charge is 0.0670 e. The lowest BCUT2D eigenvalue weighted by atomic mass is 10.1. The van der Waals surface area contributed by atoms with Crippen LogP contribution in [0.15, 0.2) is 6.20 Å². The number of nitrogens with two attached hydrogens (primary N) is 1. The minimum Gasteiger partial charge on any atom is -0.329 e. The van der Waals surface area contributed by atoms with Crippen molar-refractivity contribution in [1.29, 1.82) is 0 Å². The van der Waals surface area contributed by atoms with E-state index in [1.54, 1.807) is 0 Å². The van der Waals surface area contributed by atoms with E-state index < -0.39 is 0 Å². The second-order valence-corrected chi connectivity index (χ2v) is 5.20. The first kappa shape index (κ1) is 12.6. The van der Waals surface area contributed by atoms with E-state index in [9.17, 15) is 0 Å². The van der Waals surface area contributed by atoms with Crippen LogP contribution in [-0.4, -0.2) is 34.3 Å². The third-order valence-corrected chi connectivity index (χ3v) is 3.75. The highest BCUT2D eigenvalue weighted by Crippen LogP contribution is 2.28. The van der Waals surface area contributed by atoms with Crippen molar-refractivity contribution in [3.63, 3.8) is 0 Å². The highest BCUT2D eigenvalue weighted by atomic mass is 15.3. The first-order valence-corrected chi connectivity index (χ1v) is 6.62. The largest absolute Gasteiger partial charge is 0.329 e. The van der Waals surface area contributed by atoms with E-state index in [4.69, 9.17) is 5.73 Å². The number of rotatable bonds is 4. The Kier molecular flexibility index (Phi) is 3.84. The van der Waals surface area contributed by atoms with Gasteiger partial charge in [-0.1, -0.05) is 13.8 Å². The highest BCUT2D eigenvalue weighted by molar-refractivity contribution is 5.22. The topological polar surface area (TPSA) is 47.1 Å². The molecule has 96 valence electrons. The molecule has 0 saturated carbocycles. The van der Waals surface area contributed by atoms with Crippen LogP contribution in [-0.2, 0) is 13.5 Å². The summed E-state index contributed by atoms with van der Waals surface area (Å²) < 4.78 is 1.91. The Hall–Kier alpha value is -0.870. The molecule has 0 radical (unpaired) electrons. The van der Waals surface area contributed by atoms with Crippen molar-refractivity contribution >= 4 is 0 Å². The zero-order valence-corrected chi connectivity index (χ0v) is 11.2. The maximum Gasteiger partial charge on any atom is 0.0670 e. The fourth-order valence-corrected chi connectivity index (χ4v) is 2.83. The Morgan fingerprint density at radius 3 is 2.88 bits per heavy atom. The van der Waals surface area contributed by atoms with Crippen molar-refractivity contribution in [2.45, 2.75) is 32.7 Å². The van der Waals surface area contributed by atoms with Gasteiger partial charge in [-0.3, -0.25) is 9.58 Å². The van der Waals surface area contributed by atoms with Gasteiger partial charge >= 0.3 is 0 Å². The molecule has 1 aromatic heterocycles. The SMILES string of the molecule is CCc1nn(C)cc1C(CN)N1CCC(C)C1. The van der Waals surface area contributed by atoms with Crippen molar-refractivity contribution in [1.82, 2.24) is 14.7 Å². The van der Waals surface area contributed by atoms with Crippen LogP contribution in [0.2, 0.25) is 0 Å². The summed E-state index contributed by atoms with van der Waals surface area (Å²) in [6, 6.07) is 0.351. The average molecular weight is 236 g/mol. The van der Waals surface area contributed by atoms with Gasteiger partial charge in [0.15, 0.2) is 0 Å². The van der Waals surface area contributed by atoms with E-state index in [0.717, 1.165) is 12.3 Å². The van der Waals surface area contributed by atoms with Gasteiger partial charge < -0.3 is 5.73 Å². The number of nitrogens with zero attached hydrogens (tertiary/aromatic N) is 3. The van der Waals surface area contributed by atoms with Crippen molar-refractivity contribution < 1.29 is 0 Å². The molecule has 0 spiro atoms. The summed E-state index contributed by atoms with van der Waals surface area (Å²) in [7, 11) is 1.99. The zero-order valence-electron chi connectivity index (χ0n) is 11.2. The normalized spacial score (nSPS) is 23.2. The second-order valence-electron chi connectivity index (χ2n) is 5.20. The Balaban J connectivity index is 2.22. The molecule has 0 aliphatic carbocycles. The molecule has 1 aliphatic rings. The molecule has 2 N–H and O–H groups in total. The van der Waals surface area contributed by atoms with Crippen molar-refractivity contribution in [2.24, 2.45) is 18.7 Å². The molecule has 1 fully saturated rings. The molecule has 4 nitrogen and oxygen atoms in total. The fraction of sp³-hybridized carbons (Fsp3) is 0.769. The minimum atomic E-state index is 0.351.